The molecule has 5 nitrogen and oxygen atoms in total. The molecule has 2 amide bonds. The van der Waals surface area contributed by atoms with Gasteiger partial charge in [0.1, 0.15) is 5.82 Å². The van der Waals surface area contributed by atoms with Gasteiger partial charge in [-0.15, -0.1) is 0 Å². The lowest BCUT2D eigenvalue weighted by Gasteiger charge is -2.17. The first-order chi connectivity index (χ1) is 10.1. The monoisotopic (exact) mass is 291 g/mol. The summed E-state index contributed by atoms with van der Waals surface area (Å²) in [5, 5.41) is 5.80. The molecule has 1 aromatic carbocycles. The molecule has 2 N–H and O–H groups in total. The summed E-state index contributed by atoms with van der Waals surface area (Å²) >= 11 is 0. The van der Waals surface area contributed by atoms with Crippen LogP contribution in [0.4, 0.5) is 15.8 Å². The highest BCUT2D eigenvalue weighted by molar-refractivity contribution is 5.97. The highest BCUT2D eigenvalue weighted by atomic mass is 19.1. The number of hydrogen-bond donors (Lipinski definition) is 2. The first kappa shape index (κ1) is 14.0. The van der Waals surface area contributed by atoms with E-state index in [1.54, 1.807) is 12.1 Å². The van der Waals surface area contributed by atoms with Gasteiger partial charge >= 0.3 is 0 Å². The number of rotatable bonds is 3. The van der Waals surface area contributed by atoms with Crippen LogP contribution in [-0.2, 0) is 9.59 Å². The van der Waals surface area contributed by atoms with E-state index in [9.17, 15) is 14.0 Å². The van der Waals surface area contributed by atoms with Crippen LogP contribution in [0.3, 0.4) is 0 Å². The third-order valence-electron chi connectivity index (χ3n) is 3.96. The zero-order valence-corrected chi connectivity index (χ0v) is 11.7. The van der Waals surface area contributed by atoms with E-state index < -0.39 is 5.82 Å². The van der Waals surface area contributed by atoms with Crippen LogP contribution < -0.4 is 15.5 Å². The molecule has 0 radical (unpaired) electrons. The Hall–Kier alpha value is -1.95. The van der Waals surface area contributed by atoms with Gasteiger partial charge in [0.15, 0.2) is 0 Å². The van der Waals surface area contributed by atoms with Crippen molar-refractivity contribution in [2.75, 3.05) is 23.3 Å². The standard InChI is InChI=1S/C15H18FN3O2/c16-11-9-10(18-15(21)12-3-1-7-17-12)5-6-13(11)19-8-2-4-14(19)20/h5-6,9,12,17H,1-4,7-8H2,(H,18,21). The normalized spacial score (nSPS) is 21.9. The summed E-state index contributed by atoms with van der Waals surface area (Å²) in [5.41, 5.74) is 0.705. The van der Waals surface area contributed by atoms with Gasteiger partial charge in [-0.2, -0.15) is 0 Å². The molecule has 21 heavy (non-hydrogen) atoms. The number of hydrogen-bond acceptors (Lipinski definition) is 3. The number of benzene rings is 1. The topological polar surface area (TPSA) is 61.4 Å². The molecule has 2 aliphatic rings. The Morgan fingerprint density at radius 3 is 2.86 bits per heavy atom. The molecule has 3 rings (SSSR count). The maximum Gasteiger partial charge on any atom is 0.241 e. The van der Waals surface area contributed by atoms with E-state index in [2.05, 4.69) is 10.6 Å². The highest BCUT2D eigenvalue weighted by Crippen LogP contribution is 2.27. The Morgan fingerprint density at radius 1 is 1.38 bits per heavy atom. The Morgan fingerprint density at radius 2 is 2.24 bits per heavy atom. The average Bonchev–Trinajstić information content (AvgIpc) is 3.10. The maximum atomic E-state index is 14.1. The van der Waals surface area contributed by atoms with Gasteiger partial charge in [-0.05, 0) is 44.0 Å². The van der Waals surface area contributed by atoms with Crippen molar-refractivity contribution < 1.29 is 14.0 Å². The summed E-state index contributed by atoms with van der Waals surface area (Å²) in [7, 11) is 0. The molecule has 0 aliphatic carbocycles. The fourth-order valence-electron chi connectivity index (χ4n) is 2.84. The third-order valence-corrected chi connectivity index (χ3v) is 3.96. The molecule has 2 aliphatic heterocycles. The fourth-order valence-corrected chi connectivity index (χ4v) is 2.84. The average molecular weight is 291 g/mol. The number of halogens is 1. The van der Waals surface area contributed by atoms with Crippen LogP contribution in [0.25, 0.3) is 0 Å². The van der Waals surface area contributed by atoms with Gasteiger partial charge in [-0.1, -0.05) is 0 Å². The molecule has 2 heterocycles. The molecule has 1 aromatic rings. The van der Waals surface area contributed by atoms with Crippen molar-refractivity contribution in [2.45, 2.75) is 31.7 Å². The van der Waals surface area contributed by atoms with Crippen molar-refractivity contribution in [1.82, 2.24) is 5.32 Å². The van der Waals surface area contributed by atoms with Gasteiger partial charge in [0, 0.05) is 18.7 Å². The third kappa shape index (κ3) is 2.90. The van der Waals surface area contributed by atoms with Crippen molar-refractivity contribution >= 4 is 23.2 Å². The van der Waals surface area contributed by atoms with E-state index in [1.165, 1.54) is 11.0 Å². The van der Waals surface area contributed by atoms with Crippen molar-refractivity contribution in [3.05, 3.63) is 24.0 Å². The lowest BCUT2D eigenvalue weighted by molar-refractivity contribution is -0.118. The molecular formula is C15H18FN3O2. The van der Waals surface area contributed by atoms with E-state index >= 15 is 0 Å². The Kier molecular flexibility index (Phi) is 3.88. The van der Waals surface area contributed by atoms with Gasteiger partial charge in [0.05, 0.1) is 11.7 Å². The quantitative estimate of drug-likeness (QED) is 0.890. The van der Waals surface area contributed by atoms with Gasteiger partial charge in [0.2, 0.25) is 11.8 Å². The van der Waals surface area contributed by atoms with Gasteiger partial charge < -0.3 is 15.5 Å². The lowest BCUT2D eigenvalue weighted by atomic mass is 10.2. The molecule has 0 bridgehead atoms. The minimum atomic E-state index is -0.484. The summed E-state index contributed by atoms with van der Waals surface area (Å²) in [4.78, 5) is 25.1. The first-order valence-electron chi connectivity index (χ1n) is 7.29. The van der Waals surface area contributed by atoms with E-state index in [0.717, 1.165) is 25.8 Å². The number of carbonyl (C=O) groups excluding carboxylic acids is 2. The zero-order valence-electron chi connectivity index (χ0n) is 11.7. The number of nitrogens with one attached hydrogen (secondary N) is 2. The van der Waals surface area contributed by atoms with E-state index in [-0.39, 0.29) is 23.5 Å². The second-order valence-electron chi connectivity index (χ2n) is 5.45. The van der Waals surface area contributed by atoms with Gasteiger partial charge in [-0.25, -0.2) is 4.39 Å². The first-order valence-corrected chi connectivity index (χ1v) is 7.29. The van der Waals surface area contributed by atoms with Crippen LogP contribution in [0.2, 0.25) is 0 Å². The molecule has 0 aromatic heterocycles. The van der Waals surface area contributed by atoms with Crippen molar-refractivity contribution in [2.24, 2.45) is 0 Å². The highest BCUT2D eigenvalue weighted by Gasteiger charge is 2.25. The Bertz CT molecular complexity index is 570. The SMILES string of the molecule is O=C(Nc1ccc(N2CCCC2=O)c(F)c1)C1CCCN1. The zero-order chi connectivity index (χ0) is 14.8. The molecule has 1 unspecified atom stereocenters. The van der Waals surface area contributed by atoms with Crippen molar-refractivity contribution in [3.8, 4) is 0 Å². The number of carbonyl (C=O) groups is 2. The minimum absolute atomic E-state index is 0.0548. The van der Waals surface area contributed by atoms with E-state index in [4.69, 9.17) is 0 Å². The summed E-state index contributed by atoms with van der Waals surface area (Å²) in [6, 6.07) is 4.26. The van der Waals surface area contributed by atoms with Gasteiger partial charge in [0.25, 0.3) is 0 Å². The summed E-state index contributed by atoms with van der Waals surface area (Å²) in [6.07, 6.45) is 2.99. The van der Waals surface area contributed by atoms with Crippen LogP contribution in [0.15, 0.2) is 18.2 Å². The smallest absolute Gasteiger partial charge is 0.241 e. The number of amides is 2. The minimum Gasteiger partial charge on any atom is -0.325 e. The van der Waals surface area contributed by atoms with Crippen molar-refractivity contribution in [1.29, 1.82) is 0 Å². The summed E-state index contributed by atoms with van der Waals surface area (Å²) < 4.78 is 14.1. The molecule has 6 heteroatoms. The predicted octanol–water partition coefficient (Wildman–Crippen LogP) is 1.64. The Labute approximate surface area is 122 Å². The molecule has 0 saturated carbocycles. The molecule has 0 spiro atoms. The maximum absolute atomic E-state index is 14.1. The van der Waals surface area contributed by atoms with Crippen LogP contribution in [0.1, 0.15) is 25.7 Å². The second-order valence-corrected chi connectivity index (χ2v) is 5.45. The predicted molar refractivity (Wildman–Crippen MR) is 77.6 cm³/mol. The molecular weight excluding hydrogens is 273 g/mol. The molecule has 112 valence electrons. The van der Waals surface area contributed by atoms with Gasteiger partial charge in [-0.3, -0.25) is 9.59 Å². The van der Waals surface area contributed by atoms with Crippen molar-refractivity contribution in [3.63, 3.8) is 0 Å². The molecule has 2 fully saturated rings. The second kappa shape index (κ2) is 5.81. The number of anilines is 2. The fraction of sp³-hybridized carbons (Fsp3) is 0.467. The molecule has 2 saturated heterocycles. The van der Waals surface area contributed by atoms with Crippen LogP contribution in [0, 0.1) is 5.82 Å². The van der Waals surface area contributed by atoms with E-state index in [0.29, 0.717) is 18.7 Å². The van der Waals surface area contributed by atoms with Crippen LogP contribution in [-0.4, -0.2) is 30.9 Å². The van der Waals surface area contributed by atoms with Crippen LogP contribution >= 0.6 is 0 Å². The van der Waals surface area contributed by atoms with Crippen LogP contribution in [0.5, 0.6) is 0 Å². The molecule has 1 atom stereocenters. The summed E-state index contributed by atoms with van der Waals surface area (Å²) in [5.74, 6) is -0.680. The summed E-state index contributed by atoms with van der Waals surface area (Å²) in [6.45, 7) is 1.38. The lowest BCUT2D eigenvalue weighted by Crippen LogP contribution is -2.35. The van der Waals surface area contributed by atoms with E-state index in [1.807, 2.05) is 0 Å². The Balaban J connectivity index is 1.71. The number of nitrogens with zero attached hydrogens (tertiary/aromatic N) is 1. The largest absolute Gasteiger partial charge is 0.325 e.